The second kappa shape index (κ2) is 7.98. The zero-order valence-electron chi connectivity index (χ0n) is 17.3. The van der Waals surface area contributed by atoms with Crippen molar-refractivity contribution in [3.8, 4) is 5.75 Å². The van der Waals surface area contributed by atoms with Gasteiger partial charge in [-0.1, -0.05) is 6.07 Å². The van der Waals surface area contributed by atoms with E-state index in [-0.39, 0.29) is 30.1 Å². The number of H-pyrrole nitrogens is 1. The Balaban J connectivity index is 1.30. The molecule has 2 aliphatic rings. The van der Waals surface area contributed by atoms with Crippen molar-refractivity contribution >= 4 is 28.7 Å². The van der Waals surface area contributed by atoms with E-state index in [1.54, 1.807) is 24.4 Å². The zero-order chi connectivity index (χ0) is 21.4. The van der Waals surface area contributed by atoms with Gasteiger partial charge in [0.2, 0.25) is 11.8 Å². The molecule has 0 unspecified atom stereocenters. The van der Waals surface area contributed by atoms with Gasteiger partial charge in [0.25, 0.3) is 0 Å². The van der Waals surface area contributed by atoms with Crippen LogP contribution in [0, 0.1) is 5.92 Å². The Morgan fingerprint density at radius 3 is 2.97 bits per heavy atom. The molecule has 3 aromatic rings. The Labute approximate surface area is 179 Å². The minimum Gasteiger partial charge on any atom is -0.497 e. The van der Waals surface area contributed by atoms with Gasteiger partial charge in [-0.05, 0) is 25.0 Å². The lowest BCUT2D eigenvalue weighted by Crippen LogP contribution is -2.43. The largest absolute Gasteiger partial charge is 0.497 e. The van der Waals surface area contributed by atoms with E-state index in [1.807, 2.05) is 29.2 Å². The fourth-order valence-electron chi connectivity index (χ4n) is 4.63. The first-order chi connectivity index (χ1) is 15.1. The van der Waals surface area contributed by atoms with Crippen LogP contribution in [0.3, 0.4) is 0 Å². The maximum Gasteiger partial charge on any atom is 0.228 e. The van der Waals surface area contributed by atoms with Crippen LogP contribution in [-0.2, 0) is 9.59 Å². The van der Waals surface area contributed by atoms with Crippen LogP contribution in [0.15, 0.2) is 36.7 Å². The average Bonchev–Trinajstić information content (AvgIpc) is 3.42. The number of nitrogens with zero attached hydrogens (tertiary/aromatic N) is 5. The first-order valence-corrected chi connectivity index (χ1v) is 10.5. The number of carbonyl (C=O) groups excluding carboxylic acids is 2. The van der Waals surface area contributed by atoms with E-state index in [4.69, 9.17) is 4.74 Å². The molecule has 0 radical (unpaired) electrons. The Kier molecular flexibility index (Phi) is 5.01. The van der Waals surface area contributed by atoms with E-state index in [9.17, 15) is 9.59 Å². The fraction of sp³-hybridized carbons (Fsp3) is 0.409. The maximum absolute atomic E-state index is 13.3. The molecule has 4 heterocycles. The minimum atomic E-state index is -0.337. The van der Waals surface area contributed by atoms with Gasteiger partial charge in [-0.3, -0.25) is 14.7 Å². The standard InChI is InChI=1S/C22H24N6O3/c1-31-17-6-2-5-16(11-17)28-13-15(10-18(28)29)22(30)27-9-3-4-14(12-27)19-20-21(26-25-19)24-8-7-23-20/h2,5-8,11,14-15H,3-4,9-10,12-13H2,1H3,(H,24,25,26)/t14-,15-/m0/s1. The van der Waals surface area contributed by atoms with E-state index < -0.39 is 0 Å². The number of likely N-dealkylation sites (tertiary alicyclic amines) is 1. The second-order valence-corrected chi connectivity index (χ2v) is 8.10. The predicted octanol–water partition coefficient (Wildman–Crippen LogP) is 2.12. The van der Waals surface area contributed by atoms with Crippen LogP contribution in [0.5, 0.6) is 5.75 Å². The number of benzene rings is 1. The molecule has 0 spiro atoms. The van der Waals surface area contributed by atoms with Gasteiger partial charge in [-0.2, -0.15) is 5.10 Å². The number of carbonyl (C=O) groups is 2. The summed E-state index contributed by atoms with van der Waals surface area (Å²) in [5.74, 6) is 0.490. The predicted molar refractivity (Wildman–Crippen MR) is 114 cm³/mol. The minimum absolute atomic E-state index is 0.0324. The molecule has 2 aromatic heterocycles. The molecule has 0 bridgehead atoms. The summed E-state index contributed by atoms with van der Waals surface area (Å²) in [6.07, 6.45) is 5.36. The summed E-state index contributed by atoms with van der Waals surface area (Å²) >= 11 is 0. The van der Waals surface area contributed by atoms with Crippen LogP contribution >= 0.6 is 0 Å². The molecule has 1 aromatic carbocycles. The third kappa shape index (κ3) is 3.60. The molecule has 9 heteroatoms. The van der Waals surface area contributed by atoms with Crippen molar-refractivity contribution in [2.75, 3.05) is 31.6 Å². The number of anilines is 1. The molecule has 5 rings (SSSR count). The quantitative estimate of drug-likeness (QED) is 0.693. The number of aromatic amines is 1. The number of hydrogen-bond acceptors (Lipinski definition) is 6. The van der Waals surface area contributed by atoms with Gasteiger partial charge in [0.1, 0.15) is 11.3 Å². The van der Waals surface area contributed by atoms with Crippen LogP contribution < -0.4 is 9.64 Å². The number of nitrogens with one attached hydrogen (secondary N) is 1. The number of methoxy groups -OCH3 is 1. The molecule has 31 heavy (non-hydrogen) atoms. The van der Waals surface area contributed by atoms with Crippen LogP contribution in [0.4, 0.5) is 5.69 Å². The highest BCUT2D eigenvalue weighted by molar-refractivity contribution is 6.00. The lowest BCUT2D eigenvalue weighted by molar-refractivity contribution is -0.137. The lowest BCUT2D eigenvalue weighted by Gasteiger charge is -2.33. The summed E-state index contributed by atoms with van der Waals surface area (Å²) < 4.78 is 5.27. The van der Waals surface area contributed by atoms with E-state index in [2.05, 4.69) is 20.2 Å². The van der Waals surface area contributed by atoms with E-state index in [0.717, 1.165) is 29.7 Å². The first-order valence-electron chi connectivity index (χ1n) is 10.5. The molecular weight excluding hydrogens is 396 g/mol. The number of rotatable bonds is 4. The molecule has 2 saturated heterocycles. The Bertz CT molecular complexity index is 1130. The summed E-state index contributed by atoms with van der Waals surface area (Å²) in [5.41, 5.74) is 3.05. The zero-order valence-corrected chi connectivity index (χ0v) is 17.3. The summed E-state index contributed by atoms with van der Waals surface area (Å²) in [4.78, 5) is 38.2. The van der Waals surface area contributed by atoms with Crippen molar-refractivity contribution in [2.45, 2.75) is 25.2 Å². The number of fused-ring (bicyclic) bond motifs is 1. The Morgan fingerprint density at radius 2 is 2.10 bits per heavy atom. The summed E-state index contributed by atoms with van der Waals surface area (Å²) in [5, 5.41) is 7.32. The summed E-state index contributed by atoms with van der Waals surface area (Å²) in [6.45, 7) is 1.69. The first kappa shape index (κ1) is 19.5. The Hall–Kier alpha value is -3.49. The van der Waals surface area contributed by atoms with Crippen molar-refractivity contribution in [1.82, 2.24) is 25.1 Å². The van der Waals surface area contributed by atoms with Gasteiger partial charge in [0.05, 0.1) is 18.7 Å². The van der Waals surface area contributed by atoms with E-state index in [0.29, 0.717) is 31.0 Å². The monoisotopic (exact) mass is 420 g/mol. The maximum atomic E-state index is 13.3. The number of amides is 2. The van der Waals surface area contributed by atoms with Gasteiger partial charge in [-0.15, -0.1) is 0 Å². The highest BCUT2D eigenvalue weighted by atomic mass is 16.5. The SMILES string of the molecule is COc1cccc(N2C[C@@H](C(=O)N3CCC[C@H](c4[nH]nc5nccnc45)C3)CC2=O)c1. The average molecular weight is 420 g/mol. The van der Waals surface area contributed by atoms with Crippen molar-refractivity contribution < 1.29 is 14.3 Å². The molecule has 0 saturated carbocycles. The third-order valence-electron chi connectivity index (χ3n) is 6.20. The molecule has 2 fully saturated rings. The number of ether oxygens (including phenoxy) is 1. The summed E-state index contributed by atoms with van der Waals surface area (Å²) in [7, 11) is 1.60. The van der Waals surface area contributed by atoms with Gasteiger partial charge in [0.15, 0.2) is 5.65 Å². The van der Waals surface area contributed by atoms with Gasteiger partial charge < -0.3 is 14.5 Å². The van der Waals surface area contributed by atoms with Crippen molar-refractivity contribution in [3.63, 3.8) is 0 Å². The molecular formula is C22H24N6O3. The van der Waals surface area contributed by atoms with Crippen LogP contribution in [-0.4, -0.2) is 63.6 Å². The molecule has 2 amide bonds. The normalized spacial score (nSPS) is 21.6. The van der Waals surface area contributed by atoms with E-state index >= 15 is 0 Å². The molecule has 0 aliphatic carbocycles. The van der Waals surface area contributed by atoms with Crippen molar-refractivity contribution in [1.29, 1.82) is 0 Å². The molecule has 9 nitrogen and oxygen atoms in total. The van der Waals surface area contributed by atoms with Crippen LogP contribution in [0.2, 0.25) is 0 Å². The smallest absolute Gasteiger partial charge is 0.228 e. The number of piperidine rings is 1. The van der Waals surface area contributed by atoms with E-state index in [1.165, 1.54) is 0 Å². The van der Waals surface area contributed by atoms with Gasteiger partial charge >= 0.3 is 0 Å². The highest BCUT2D eigenvalue weighted by Gasteiger charge is 2.39. The van der Waals surface area contributed by atoms with Crippen molar-refractivity contribution in [3.05, 3.63) is 42.4 Å². The molecule has 2 aliphatic heterocycles. The fourth-order valence-corrected chi connectivity index (χ4v) is 4.63. The topological polar surface area (TPSA) is 104 Å². The molecule has 2 atom stereocenters. The summed E-state index contributed by atoms with van der Waals surface area (Å²) in [6, 6.07) is 7.38. The second-order valence-electron chi connectivity index (χ2n) is 8.10. The lowest BCUT2D eigenvalue weighted by atomic mass is 9.93. The Morgan fingerprint density at radius 1 is 1.23 bits per heavy atom. The molecule has 1 N–H and O–H groups in total. The number of aromatic nitrogens is 4. The van der Waals surface area contributed by atoms with Gasteiger partial charge in [-0.25, -0.2) is 9.97 Å². The third-order valence-corrected chi connectivity index (χ3v) is 6.20. The number of hydrogen-bond donors (Lipinski definition) is 1. The van der Waals surface area contributed by atoms with Crippen LogP contribution in [0.1, 0.15) is 30.9 Å². The van der Waals surface area contributed by atoms with Gasteiger partial charge in [0, 0.05) is 56.1 Å². The molecule has 160 valence electrons. The van der Waals surface area contributed by atoms with Crippen molar-refractivity contribution in [2.24, 2.45) is 5.92 Å². The highest BCUT2D eigenvalue weighted by Crippen LogP contribution is 2.32. The van der Waals surface area contributed by atoms with Crippen LogP contribution in [0.25, 0.3) is 11.2 Å².